The van der Waals surface area contributed by atoms with Crippen LogP contribution in [0, 0.1) is 0 Å². The summed E-state index contributed by atoms with van der Waals surface area (Å²) in [6.07, 6.45) is 6.57. The molecule has 1 aromatic heterocycles. The first-order chi connectivity index (χ1) is 7.86. The predicted octanol–water partition coefficient (Wildman–Crippen LogP) is 3.05. The van der Waals surface area contributed by atoms with Crippen molar-refractivity contribution in [1.82, 2.24) is 9.55 Å². The molecule has 0 radical (unpaired) electrons. The quantitative estimate of drug-likeness (QED) is 0.707. The van der Waals surface area contributed by atoms with E-state index in [4.69, 9.17) is 4.98 Å². The van der Waals surface area contributed by atoms with E-state index in [1.54, 1.807) is 0 Å². The SMILES string of the molecule is Cn1c(-c2ccccc2)nc2c1C=CCC2. The lowest BCUT2D eigenvalue weighted by molar-refractivity contribution is 0.891. The summed E-state index contributed by atoms with van der Waals surface area (Å²) in [6, 6.07) is 10.4. The molecule has 0 bridgehead atoms. The number of benzene rings is 1. The maximum atomic E-state index is 4.73. The van der Waals surface area contributed by atoms with Crippen LogP contribution in [0.4, 0.5) is 0 Å². The molecule has 2 heteroatoms. The van der Waals surface area contributed by atoms with Crippen LogP contribution in [0.1, 0.15) is 17.8 Å². The molecule has 0 N–H and O–H groups in total. The van der Waals surface area contributed by atoms with Gasteiger partial charge in [0.1, 0.15) is 5.82 Å². The van der Waals surface area contributed by atoms with Gasteiger partial charge < -0.3 is 4.57 Å². The molecule has 3 rings (SSSR count). The molecule has 0 saturated carbocycles. The van der Waals surface area contributed by atoms with E-state index in [-0.39, 0.29) is 0 Å². The number of fused-ring (bicyclic) bond motifs is 1. The van der Waals surface area contributed by atoms with Crippen LogP contribution >= 0.6 is 0 Å². The molecule has 80 valence electrons. The average molecular weight is 210 g/mol. The highest BCUT2D eigenvalue weighted by Gasteiger charge is 2.15. The van der Waals surface area contributed by atoms with Crippen LogP contribution in [0.2, 0.25) is 0 Å². The van der Waals surface area contributed by atoms with Crippen molar-refractivity contribution in [3.05, 3.63) is 47.8 Å². The number of aromatic nitrogens is 2. The molecule has 1 aliphatic rings. The van der Waals surface area contributed by atoms with Crippen LogP contribution < -0.4 is 0 Å². The van der Waals surface area contributed by atoms with Gasteiger partial charge in [0.25, 0.3) is 0 Å². The molecule has 16 heavy (non-hydrogen) atoms. The maximum Gasteiger partial charge on any atom is 0.140 e. The Balaban J connectivity index is 2.16. The highest BCUT2D eigenvalue weighted by Crippen LogP contribution is 2.25. The standard InChI is InChI=1S/C14H14N2/c1-16-13-10-6-5-9-12(13)15-14(16)11-7-3-2-4-8-11/h2-4,6-8,10H,5,9H2,1H3. The molecule has 0 spiro atoms. The van der Waals surface area contributed by atoms with Crippen LogP contribution in [0.25, 0.3) is 17.5 Å². The Kier molecular flexibility index (Phi) is 2.13. The molecule has 1 aliphatic carbocycles. The lowest BCUT2D eigenvalue weighted by atomic mass is 10.1. The number of imidazole rings is 1. The second kappa shape index (κ2) is 3.63. The van der Waals surface area contributed by atoms with Crippen molar-refractivity contribution in [1.29, 1.82) is 0 Å². The van der Waals surface area contributed by atoms with Gasteiger partial charge >= 0.3 is 0 Å². The normalized spacial score (nSPS) is 13.8. The smallest absolute Gasteiger partial charge is 0.140 e. The van der Waals surface area contributed by atoms with Gasteiger partial charge in [0, 0.05) is 12.6 Å². The van der Waals surface area contributed by atoms with Crippen LogP contribution in [0.5, 0.6) is 0 Å². The lowest BCUT2D eigenvalue weighted by Gasteiger charge is -2.05. The summed E-state index contributed by atoms with van der Waals surface area (Å²) >= 11 is 0. The Morgan fingerprint density at radius 2 is 2.00 bits per heavy atom. The van der Waals surface area contributed by atoms with Crippen molar-refractivity contribution < 1.29 is 0 Å². The van der Waals surface area contributed by atoms with E-state index >= 15 is 0 Å². The summed E-state index contributed by atoms with van der Waals surface area (Å²) in [5, 5.41) is 0. The first-order valence-corrected chi connectivity index (χ1v) is 5.64. The van der Waals surface area contributed by atoms with Crippen molar-refractivity contribution in [3.8, 4) is 11.4 Å². The Labute approximate surface area is 95.3 Å². The van der Waals surface area contributed by atoms with E-state index in [0.717, 1.165) is 18.7 Å². The third-order valence-electron chi connectivity index (χ3n) is 3.07. The minimum atomic E-state index is 1.06. The number of allylic oxidation sites excluding steroid dienone is 1. The van der Waals surface area contributed by atoms with Crippen molar-refractivity contribution in [3.63, 3.8) is 0 Å². The molecule has 0 fully saturated rings. The van der Waals surface area contributed by atoms with Crippen LogP contribution in [-0.2, 0) is 13.5 Å². The minimum absolute atomic E-state index is 1.06. The van der Waals surface area contributed by atoms with Gasteiger partial charge in [-0.2, -0.15) is 0 Å². The summed E-state index contributed by atoms with van der Waals surface area (Å²) in [5.74, 6) is 1.07. The Hall–Kier alpha value is -1.83. The molecular formula is C14H14N2. The van der Waals surface area contributed by atoms with E-state index in [0.29, 0.717) is 0 Å². The minimum Gasteiger partial charge on any atom is -0.327 e. The van der Waals surface area contributed by atoms with Crippen molar-refractivity contribution in [2.45, 2.75) is 12.8 Å². The summed E-state index contributed by atoms with van der Waals surface area (Å²) in [6.45, 7) is 0. The monoisotopic (exact) mass is 210 g/mol. The fraction of sp³-hybridized carbons (Fsp3) is 0.214. The van der Waals surface area contributed by atoms with Crippen LogP contribution in [-0.4, -0.2) is 9.55 Å². The summed E-state index contributed by atoms with van der Waals surface area (Å²) in [7, 11) is 2.09. The first kappa shape index (κ1) is 9.40. The molecule has 1 heterocycles. The fourth-order valence-corrected chi connectivity index (χ4v) is 2.22. The van der Waals surface area contributed by atoms with Crippen molar-refractivity contribution >= 4 is 6.08 Å². The third-order valence-corrected chi connectivity index (χ3v) is 3.07. The van der Waals surface area contributed by atoms with Gasteiger partial charge in [-0.1, -0.05) is 36.4 Å². The fourth-order valence-electron chi connectivity index (χ4n) is 2.22. The molecule has 0 aliphatic heterocycles. The zero-order valence-electron chi connectivity index (χ0n) is 9.35. The second-order valence-electron chi connectivity index (χ2n) is 4.13. The number of hydrogen-bond acceptors (Lipinski definition) is 1. The Morgan fingerprint density at radius 1 is 1.19 bits per heavy atom. The predicted molar refractivity (Wildman–Crippen MR) is 66.0 cm³/mol. The van der Waals surface area contributed by atoms with Crippen LogP contribution in [0.15, 0.2) is 36.4 Å². The molecule has 0 amide bonds. The Bertz CT molecular complexity index is 535. The summed E-state index contributed by atoms with van der Waals surface area (Å²) in [5.41, 5.74) is 3.67. The van der Waals surface area contributed by atoms with Gasteiger partial charge in [0.2, 0.25) is 0 Å². The van der Waals surface area contributed by atoms with Gasteiger partial charge in [-0.3, -0.25) is 0 Å². The van der Waals surface area contributed by atoms with Crippen molar-refractivity contribution in [2.75, 3.05) is 0 Å². The van der Waals surface area contributed by atoms with E-state index in [2.05, 4.69) is 48.0 Å². The lowest BCUT2D eigenvalue weighted by Crippen LogP contribution is -1.97. The highest BCUT2D eigenvalue weighted by atomic mass is 15.1. The molecule has 2 nitrogen and oxygen atoms in total. The number of rotatable bonds is 1. The van der Waals surface area contributed by atoms with E-state index in [1.807, 2.05) is 6.07 Å². The van der Waals surface area contributed by atoms with Gasteiger partial charge in [-0.15, -0.1) is 0 Å². The molecule has 0 unspecified atom stereocenters. The van der Waals surface area contributed by atoms with Crippen LogP contribution in [0.3, 0.4) is 0 Å². The van der Waals surface area contributed by atoms with Gasteiger partial charge in [0.05, 0.1) is 11.4 Å². The zero-order chi connectivity index (χ0) is 11.0. The Morgan fingerprint density at radius 3 is 2.75 bits per heavy atom. The molecule has 1 aromatic carbocycles. The number of hydrogen-bond donors (Lipinski definition) is 0. The maximum absolute atomic E-state index is 4.73. The molecular weight excluding hydrogens is 196 g/mol. The van der Waals surface area contributed by atoms with Gasteiger partial charge in [-0.05, 0) is 18.9 Å². The number of aryl methyl sites for hydroxylation is 1. The summed E-state index contributed by atoms with van der Waals surface area (Å²) < 4.78 is 2.18. The molecule has 0 saturated heterocycles. The van der Waals surface area contributed by atoms with E-state index in [1.165, 1.54) is 17.0 Å². The largest absolute Gasteiger partial charge is 0.327 e. The van der Waals surface area contributed by atoms with Gasteiger partial charge in [0.15, 0.2) is 0 Å². The van der Waals surface area contributed by atoms with Crippen molar-refractivity contribution in [2.24, 2.45) is 7.05 Å². The van der Waals surface area contributed by atoms with E-state index < -0.39 is 0 Å². The van der Waals surface area contributed by atoms with E-state index in [9.17, 15) is 0 Å². The highest BCUT2D eigenvalue weighted by molar-refractivity contribution is 5.62. The van der Waals surface area contributed by atoms with Gasteiger partial charge in [-0.25, -0.2) is 4.98 Å². The summed E-state index contributed by atoms with van der Waals surface area (Å²) in [4.78, 5) is 4.73. The second-order valence-corrected chi connectivity index (χ2v) is 4.13. The zero-order valence-corrected chi connectivity index (χ0v) is 9.35. The number of nitrogens with zero attached hydrogens (tertiary/aromatic N) is 2. The first-order valence-electron chi connectivity index (χ1n) is 5.64. The molecule has 0 atom stereocenters. The third kappa shape index (κ3) is 1.38. The topological polar surface area (TPSA) is 17.8 Å². The average Bonchev–Trinajstić information content (AvgIpc) is 2.69. The molecule has 2 aromatic rings.